The maximum Gasteiger partial charge on any atom is 0.258 e. The van der Waals surface area contributed by atoms with E-state index in [1.165, 1.54) is 17.1 Å². The molecular weight excluding hydrogens is 302 g/mol. The number of carbonyl (C=O) groups is 1. The molecule has 0 radical (unpaired) electrons. The van der Waals surface area contributed by atoms with Crippen LogP contribution in [0.4, 0.5) is 14.5 Å². The normalized spacial score (nSPS) is 11.2. The van der Waals surface area contributed by atoms with Gasteiger partial charge >= 0.3 is 0 Å². The minimum atomic E-state index is -0.841. The molecule has 0 aliphatic rings. The first-order valence-corrected chi connectivity index (χ1v) is 6.77. The van der Waals surface area contributed by atoms with Gasteiger partial charge in [0.05, 0.1) is 17.4 Å². The fraction of sp³-hybridized carbons (Fsp3) is 0.125. The van der Waals surface area contributed by atoms with Crippen molar-refractivity contribution in [1.29, 1.82) is 0 Å². The second-order valence-corrected chi connectivity index (χ2v) is 4.81. The van der Waals surface area contributed by atoms with Crippen LogP contribution in [0.1, 0.15) is 17.3 Å². The van der Waals surface area contributed by atoms with Crippen LogP contribution in [0.25, 0.3) is 5.70 Å². The molecule has 1 aromatic heterocycles. The second-order valence-electron chi connectivity index (χ2n) is 4.81. The van der Waals surface area contributed by atoms with Gasteiger partial charge in [-0.05, 0) is 25.1 Å². The minimum Gasteiger partial charge on any atom is -0.389 e. The highest BCUT2D eigenvalue weighted by atomic mass is 19.1. The van der Waals surface area contributed by atoms with E-state index in [4.69, 9.17) is 0 Å². The van der Waals surface area contributed by atoms with Crippen molar-refractivity contribution in [3.05, 3.63) is 66.1 Å². The van der Waals surface area contributed by atoms with Crippen molar-refractivity contribution in [2.45, 2.75) is 6.92 Å². The number of hydrogen-bond donors (Lipinski definition) is 2. The molecule has 2 N–H and O–H groups in total. The van der Waals surface area contributed by atoms with Crippen molar-refractivity contribution in [2.75, 3.05) is 12.4 Å². The lowest BCUT2D eigenvalue weighted by Crippen LogP contribution is -2.12. The van der Waals surface area contributed by atoms with E-state index in [1.807, 2.05) is 0 Å². The number of carbonyl (C=O) groups excluding carboxylic acids is 1. The number of amides is 1. The average Bonchev–Trinajstić information content (AvgIpc) is 3.00. The highest BCUT2D eigenvalue weighted by molar-refractivity contribution is 6.04. The van der Waals surface area contributed by atoms with Crippen LogP contribution in [-0.2, 0) is 0 Å². The standard InChI is InChI=1S/C16H16F2N4O/c1-10(19-3)6-11(2)22-9-12(8-20-22)16(23)21-15-5-4-13(17)7-14(15)18/h4-9,19H,1H2,2-3H3,(H,21,23)/b11-6-. The van der Waals surface area contributed by atoms with Crippen LogP contribution in [0.5, 0.6) is 0 Å². The maximum atomic E-state index is 13.5. The molecule has 120 valence electrons. The van der Waals surface area contributed by atoms with Crippen molar-refractivity contribution in [3.63, 3.8) is 0 Å². The number of anilines is 1. The minimum absolute atomic E-state index is 0.0972. The van der Waals surface area contributed by atoms with Crippen molar-refractivity contribution in [1.82, 2.24) is 15.1 Å². The van der Waals surface area contributed by atoms with Crippen molar-refractivity contribution in [2.24, 2.45) is 0 Å². The van der Waals surface area contributed by atoms with Gasteiger partial charge in [0.25, 0.3) is 5.91 Å². The molecular formula is C16H16F2N4O. The summed E-state index contributed by atoms with van der Waals surface area (Å²) in [5.74, 6) is -2.09. The second kappa shape index (κ2) is 6.87. The van der Waals surface area contributed by atoms with Gasteiger partial charge in [-0.2, -0.15) is 5.10 Å². The molecule has 7 heteroatoms. The van der Waals surface area contributed by atoms with Gasteiger partial charge in [0.1, 0.15) is 11.6 Å². The fourth-order valence-electron chi connectivity index (χ4n) is 1.81. The molecule has 1 aromatic carbocycles. The lowest BCUT2D eigenvalue weighted by Gasteiger charge is -2.05. The van der Waals surface area contributed by atoms with Crippen LogP contribution in [0.15, 0.2) is 48.9 Å². The number of halogens is 2. The molecule has 0 aliphatic heterocycles. The van der Waals surface area contributed by atoms with E-state index in [1.54, 1.807) is 20.0 Å². The van der Waals surface area contributed by atoms with Gasteiger partial charge in [0, 0.05) is 30.7 Å². The molecule has 0 atom stereocenters. The van der Waals surface area contributed by atoms with Crippen LogP contribution in [0.2, 0.25) is 0 Å². The van der Waals surface area contributed by atoms with Crippen LogP contribution in [0.3, 0.4) is 0 Å². The molecule has 0 aliphatic carbocycles. The number of benzene rings is 1. The SMILES string of the molecule is C=C(/C=C(/C)n1cc(C(=O)Nc2ccc(F)cc2F)cn1)NC. The van der Waals surface area contributed by atoms with Crippen molar-refractivity contribution in [3.8, 4) is 0 Å². The molecule has 1 heterocycles. The molecule has 0 bridgehead atoms. The van der Waals surface area contributed by atoms with Gasteiger partial charge < -0.3 is 10.6 Å². The van der Waals surface area contributed by atoms with E-state index in [-0.39, 0.29) is 11.3 Å². The highest BCUT2D eigenvalue weighted by Gasteiger charge is 2.12. The van der Waals surface area contributed by atoms with Gasteiger partial charge in [0.2, 0.25) is 0 Å². The first kappa shape index (κ1) is 16.4. The lowest BCUT2D eigenvalue weighted by atomic mass is 10.2. The predicted octanol–water partition coefficient (Wildman–Crippen LogP) is 3.01. The van der Waals surface area contributed by atoms with E-state index in [0.717, 1.165) is 17.8 Å². The zero-order chi connectivity index (χ0) is 17.0. The summed E-state index contributed by atoms with van der Waals surface area (Å²) < 4.78 is 27.9. The van der Waals surface area contributed by atoms with Gasteiger partial charge in [-0.15, -0.1) is 0 Å². The number of rotatable bonds is 5. The summed E-state index contributed by atoms with van der Waals surface area (Å²) in [5, 5.41) is 9.32. The summed E-state index contributed by atoms with van der Waals surface area (Å²) in [6.45, 7) is 5.58. The molecule has 23 heavy (non-hydrogen) atoms. The summed E-state index contributed by atoms with van der Waals surface area (Å²) in [5.41, 5.74) is 1.59. The Morgan fingerprint density at radius 1 is 1.39 bits per heavy atom. The third-order valence-corrected chi connectivity index (χ3v) is 3.09. The van der Waals surface area contributed by atoms with Gasteiger partial charge in [-0.25, -0.2) is 13.5 Å². The van der Waals surface area contributed by atoms with Crippen LogP contribution in [0, 0.1) is 11.6 Å². The molecule has 0 saturated heterocycles. The van der Waals surface area contributed by atoms with Crippen molar-refractivity contribution < 1.29 is 13.6 Å². The van der Waals surface area contributed by atoms with Crippen LogP contribution >= 0.6 is 0 Å². The number of aromatic nitrogens is 2. The first-order chi connectivity index (χ1) is 10.9. The van der Waals surface area contributed by atoms with E-state index in [9.17, 15) is 13.6 Å². The third kappa shape index (κ3) is 4.03. The Morgan fingerprint density at radius 2 is 2.13 bits per heavy atom. The lowest BCUT2D eigenvalue weighted by molar-refractivity contribution is 0.102. The maximum absolute atomic E-state index is 13.5. The molecule has 2 aromatic rings. The van der Waals surface area contributed by atoms with E-state index in [2.05, 4.69) is 22.3 Å². The third-order valence-electron chi connectivity index (χ3n) is 3.09. The molecule has 0 spiro atoms. The van der Waals surface area contributed by atoms with E-state index < -0.39 is 17.5 Å². The monoisotopic (exact) mass is 318 g/mol. The fourth-order valence-corrected chi connectivity index (χ4v) is 1.81. The number of nitrogens with one attached hydrogen (secondary N) is 2. The molecule has 1 amide bonds. The Morgan fingerprint density at radius 3 is 2.78 bits per heavy atom. The Bertz CT molecular complexity index is 780. The summed E-state index contributed by atoms with van der Waals surface area (Å²) in [7, 11) is 1.74. The summed E-state index contributed by atoms with van der Waals surface area (Å²) in [4.78, 5) is 12.1. The molecule has 5 nitrogen and oxygen atoms in total. The van der Waals surface area contributed by atoms with Crippen LogP contribution in [-0.4, -0.2) is 22.7 Å². The number of allylic oxidation sites excluding steroid dienone is 2. The zero-order valence-electron chi connectivity index (χ0n) is 12.7. The quantitative estimate of drug-likeness (QED) is 0.833. The van der Waals surface area contributed by atoms with Crippen LogP contribution < -0.4 is 10.6 Å². The van der Waals surface area contributed by atoms with E-state index in [0.29, 0.717) is 11.8 Å². The Labute approximate surface area is 132 Å². The molecule has 2 rings (SSSR count). The largest absolute Gasteiger partial charge is 0.389 e. The Kier molecular flexibility index (Phi) is 4.90. The summed E-state index contributed by atoms with van der Waals surface area (Å²) in [6.07, 6.45) is 4.62. The number of nitrogens with zero attached hydrogens (tertiary/aromatic N) is 2. The Balaban J connectivity index is 2.15. The summed E-state index contributed by atoms with van der Waals surface area (Å²) >= 11 is 0. The number of likely N-dealkylation sites (N-methyl/N-ethyl adjacent to an activating group) is 1. The zero-order valence-corrected chi connectivity index (χ0v) is 12.7. The Hall–Kier alpha value is -2.96. The smallest absolute Gasteiger partial charge is 0.258 e. The molecule has 0 fully saturated rings. The predicted molar refractivity (Wildman–Crippen MR) is 84.7 cm³/mol. The van der Waals surface area contributed by atoms with Crippen molar-refractivity contribution >= 4 is 17.3 Å². The summed E-state index contributed by atoms with van der Waals surface area (Å²) in [6, 6.07) is 2.93. The number of hydrogen-bond acceptors (Lipinski definition) is 3. The van der Waals surface area contributed by atoms with Gasteiger partial charge in [-0.3, -0.25) is 4.79 Å². The topological polar surface area (TPSA) is 59.0 Å². The van der Waals surface area contributed by atoms with Gasteiger partial charge in [-0.1, -0.05) is 6.58 Å². The van der Waals surface area contributed by atoms with Gasteiger partial charge in [0.15, 0.2) is 0 Å². The molecule has 0 saturated carbocycles. The van der Waals surface area contributed by atoms with E-state index >= 15 is 0 Å². The average molecular weight is 318 g/mol. The highest BCUT2D eigenvalue weighted by Crippen LogP contribution is 2.16. The molecule has 0 unspecified atom stereocenters. The first-order valence-electron chi connectivity index (χ1n) is 6.77.